The first-order chi connectivity index (χ1) is 15.4. The van der Waals surface area contributed by atoms with E-state index in [1.165, 1.54) is 16.7 Å². The molecule has 0 aromatic heterocycles. The molecule has 0 saturated carbocycles. The van der Waals surface area contributed by atoms with E-state index < -0.39 is 5.97 Å². The standard InChI is InChI=1S/C26H32N2O4/c1-18-7-12-31-24-19(2)13-20(14-23(18)24)15-27-10-8-26(9-11-27)16-28(17-32-26)22-5-3-21(4-6-22)25(29)30/h3-6,13-14,18H,7-12,15-17H2,1-2H3,(H,29,30). The fourth-order valence-electron chi connectivity index (χ4n) is 5.34. The molecule has 2 aromatic carbocycles. The van der Waals surface area contributed by atoms with Gasteiger partial charge >= 0.3 is 5.97 Å². The Morgan fingerprint density at radius 1 is 1.19 bits per heavy atom. The van der Waals surface area contributed by atoms with Crippen molar-refractivity contribution >= 4 is 11.7 Å². The van der Waals surface area contributed by atoms with Gasteiger partial charge in [-0.2, -0.15) is 0 Å². The Bertz CT molecular complexity index is 996. The molecule has 2 aromatic rings. The van der Waals surface area contributed by atoms with Gasteiger partial charge in [-0.05, 0) is 73.1 Å². The molecule has 0 aliphatic carbocycles. The third-order valence-corrected chi connectivity index (χ3v) is 7.35. The average Bonchev–Trinajstić information content (AvgIpc) is 3.20. The van der Waals surface area contributed by atoms with Gasteiger partial charge in [-0.15, -0.1) is 0 Å². The Hall–Kier alpha value is -2.57. The van der Waals surface area contributed by atoms with Crippen molar-refractivity contribution in [2.75, 3.05) is 37.9 Å². The van der Waals surface area contributed by atoms with Crippen LogP contribution in [0.4, 0.5) is 5.69 Å². The summed E-state index contributed by atoms with van der Waals surface area (Å²) < 4.78 is 12.2. The number of carboxylic acid groups (broad SMARTS) is 1. The van der Waals surface area contributed by atoms with Crippen LogP contribution in [0.1, 0.15) is 59.2 Å². The highest BCUT2D eigenvalue weighted by Gasteiger charge is 2.42. The summed E-state index contributed by atoms with van der Waals surface area (Å²) >= 11 is 0. The Balaban J connectivity index is 1.20. The smallest absolute Gasteiger partial charge is 0.335 e. The molecule has 0 bridgehead atoms. The lowest BCUT2D eigenvalue weighted by Crippen LogP contribution is -2.46. The molecule has 6 nitrogen and oxygen atoms in total. The van der Waals surface area contributed by atoms with Gasteiger partial charge in [0, 0.05) is 31.9 Å². The van der Waals surface area contributed by atoms with Crippen LogP contribution in [0, 0.1) is 6.92 Å². The molecule has 170 valence electrons. The summed E-state index contributed by atoms with van der Waals surface area (Å²) in [5, 5.41) is 9.11. The van der Waals surface area contributed by atoms with Crippen LogP contribution in [0.5, 0.6) is 5.75 Å². The number of likely N-dealkylation sites (tertiary alicyclic amines) is 1. The number of ether oxygens (including phenoxy) is 2. The number of nitrogens with zero attached hydrogens (tertiary/aromatic N) is 2. The summed E-state index contributed by atoms with van der Waals surface area (Å²) in [4.78, 5) is 15.8. The number of rotatable bonds is 4. The van der Waals surface area contributed by atoms with Crippen LogP contribution in [0.25, 0.3) is 0 Å². The Morgan fingerprint density at radius 2 is 1.94 bits per heavy atom. The van der Waals surface area contributed by atoms with Crippen molar-refractivity contribution in [1.29, 1.82) is 0 Å². The minimum Gasteiger partial charge on any atom is -0.493 e. The molecule has 1 spiro atoms. The number of aryl methyl sites for hydroxylation is 1. The van der Waals surface area contributed by atoms with E-state index in [0.717, 1.165) is 63.5 Å². The topological polar surface area (TPSA) is 62.2 Å². The highest BCUT2D eigenvalue weighted by atomic mass is 16.5. The van der Waals surface area contributed by atoms with Crippen LogP contribution < -0.4 is 9.64 Å². The summed E-state index contributed by atoms with van der Waals surface area (Å²) in [7, 11) is 0. The van der Waals surface area contributed by atoms with Gasteiger partial charge in [-0.3, -0.25) is 4.90 Å². The fourth-order valence-corrected chi connectivity index (χ4v) is 5.34. The zero-order valence-electron chi connectivity index (χ0n) is 19.0. The molecule has 3 heterocycles. The second-order valence-corrected chi connectivity index (χ2v) is 9.65. The lowest BCUT2D eigenvalue weighted by atomic mass is 9.89. The zero-order valence-corrected chi connectivity index (χ0v) is 19.0. The first kappa shape index (κ1) is 21.3. The van der Waals surface area contributed by atoms with E-state index in [2.05, 4.69) is 35.8 Å². The van der Waals surface area contributed by atoms with E-state index in [4.69, 9.17) is 14.6 Å². The van der Waals surface area contributed by atoms with Crippen LogP contribution in [-0.2, 0) is 11.3 Å². The van der Waals surface area contributed by atoms with Crippen LogP contribution in [0.2, 0.25) is 0 Å². The van der Waals surface area contributed by atoms with Crippen molar-refractivity contribution in [3.63, 3.8) is 0 Å². The molecular formula is C26H32N2O4. The van der Waals surface area contributed by atoms with Gasteiger partial charge in [-0.1, -0.05) is 19.1 Å². The van der Waals surface area contributed by atoms with Gasteiger partial charge in [0.05, 0.1) is 17.8 Å². The number of hydrogen-bond donors (Lipinski definition) is 1. The summed E-state index contributed by atoms with van der Waals surface area (Å²) in [5.41, 5.74) is 5.23. The maximum absolute atomic E-state index is 11.1. The van der Waals surface area contributed by atoms with Crippen molar-refractivity contribution in [2.24, 2.45) is 0 Å². The molecule has 0 amide bonds. The largest absolute Gasteiger partial charge is 0.493 e. The molecule has 0 radical (unpaired) electrons. The minimum absolute atomic E-state index is 0.101. The molecule has 1 N–H and O–H groups in total. The summed E-state index contributed by atoms with van der Waals surface area (Å²) in [6.45, 7) is 9.72. The Kier molecular flexibility index (Phi) is 5.59. The van der Waals surface area contributed by atoms with Crippen molar-refractivity contribution < 1.29 is 19.4 Å². The Morgan fingerprint density at radius 3 is 2.66 bits per heavy atom. The van der Waals surface area contributed by atoms with Gasteiger partial charge in [0.1, 0.15) is 12.5 Å². The van der Waals surface area contributed by atoms with E-state index in [1.807, 2.05) is 12.1 Å². The third-order valence-electron chi connectivity index (χ3n) is 7.35. The molecule has 3 aliphatic heterocycles. The quantitative estimate of drug-likeness (QED) is 0.766. The number of hydrogen-bond acceptors (Lipinski definition) is 5. The summed E-state index contributed by atoms with van der Waals surface area (Å²) in [6, 6.07) is 11.7. The molecule has 1 unspecified atom stereocenters. The number of benzene rings is 2. The monoisotopic (exact) mass is 436 g/mol. The predicted octanol–water partition coefficient (Wildman–Crippen LogP) is 4.41. The highest BCUT2D eigenvalue weighted by molar-refractivity contribution is 5.88. The molecule has 2 fully saturated rings. The maximum atomic E-state index is 11.1. The number of fused-ring (bicyclic) bond motifs is 1. The molecule has 3 aliphatic rings. The second kappa shape index (κ2) is 8.41. The number of anilines is 1. The number of carboxylic acids is 1. The molecule has 5 rings (SSSR count). The summed E-state index contributed by atoms with van der Waals surface area (Å²) in [5.74, 6) is 0.763. The van der Waals surface area contributed by atoms with E-state index in [9.17, 15) is 4.79 Å². The molecule has 32 heavy (non-hydrogen) atoms. The molecule has 2 saturated heterocycles. The van der Waals surface area contributed by atoms with Crippen LogP contribution in [0.3, 0.4) is 0 Å². The van der Waals surface area contributed by atoms with E-state index in [1.54, 1.807) is 12.1 Å². The van der Waals surface area contributed by atoms with Gasteiger partial charge < -0.3 is 19.5 Å². The predicted molar refractivity (Wildman–Crippen MR) is 124 cm³/mol. The van der Waals surface area contributed by atoms with Crippen molar-refractivity contribution in [2.45, 2.75) is 51.2 Å². The lowest BCUT2D eigenvalue weighted by Gasteiger charge is -2.38. The number of piperidine rings is 1. The van der Waals surface area contributed by atoms with Crippen LogP contribution in [-0.4, -0.2) is 54.5 Å². The van der Waals surface area contributed by atoms with E-state index in [0.29, 0.717) is 18.2 Å². The third kappa shape index (κ3) is 4.09. The highest BCUT2D eigenvalue weighted by Crippen LogP contribution is 2.38. The molecule has 1 atom stereocenters. The van der Waals surface area contributed by atoms with E-state index in [-0.39, 0.29) is 5.60 Å². The minimum atomic E-state index is -0.894. The average molecular weight is 437 g/mol. The maximum Gasteiger partial charge on any atom is 0.335 e. The number of carbonyl (C=O) groups is 1. The van der Waals surface area contributed by atoms with Crippen molar-refractivity contribution in [3.05, 3.63) is 58.7 Å². The number of aromatic carboxylic acids is 1. The lowest BCUT2D eigenvalue weighted by molar-refractivity contribution is -0.0376. The van der Waals surface area contributed by atoms with Gasteiger partial charge in [0.15, 0.2) is 0 Å². The summed E-state index contributed by atoms with van der Waals surface area (Å²) in [6.07, 6.45) is 3.12. The van der Waals surface area contributed by atoms with Gasteiger partial charge in [0.25, 0.3) is 0 Å². The van der Waals surface area contributed by atoms with Gasteiger partial charge in [-0.25, -0.2) is 4.79 Å². The molecular weight excluding hydrogens is 404 g/mol. The van der Waals surface area contributed by atoms with Crippen LogP contribution in [0.15, 0.2) is 36.4 Å². The Labute approximate surface area is 189 Å². The first-order valence-corrected chi connectivity index (χ1v) is 11.6. The molecule has 6 heteroatoms. The van der Waals surface area contributed by atoms with Crippen molar-refractivity contribution in [3.8, 4) is 5.75 Å². The SMILES string of the molecule is Cc1cc(CN2CCC3(CC2)CN(c2ccc(C(=O)O)cc2)CO3)cc2c1OCCC2C. The van der Waals surface area contributed by atoms with E-state index >= 15 is 0 Å². The zero-order chi connectivity index (χ0) is 22.3. The van der Waals surface area contributed by atoms with Gasteiger partial charge in [0.2, 0.25) is 0 Å². The normalized spacial score (nSPS) is 22.6. The van der Waals surface area contributed by atoms with Crippen molar-refractivity contribution in [1.82, 2.24) is 4.90 Å². The first-order valence-electron chi connectivity index (χ1n) is 11.6. The second-order valence-electron chi connectivity index (χ2n) is 9.65. The fraction of sp³-hybridized carbons (Fsp3) is 0.500. The van der Waals surface area contributed by atoms with Crippen LogP contribution >= 0.6 is 0 Å².